The molecule has 0 saturated carbocycles. The third-order valence-electron chi connectivity index (χ3n) is 3.22. The zero-order valence-electron chi connectivity index (χ0n) is 12.7. The van der Waals surface area contributed by atoms with Crippen LogP contribution in [0.15, 0.2) is 48.5 Å². The minimum Gasteiger partial charge on any atom is -0.481 e. The SMILES string of the molecule is CC[C@@H](Oc1cccc(Cl)c1)C(=O)Nc1ccc(C(F)(F)F)cc1. The fraction of sp³-hybridized carbons (Fsp3) is 0.235. The third kappa shape index (κ3) is 4.89. The average molecular weight is 358 g/mol. The minimum absolute atomic E-state index is 0.265. The average Bonchev–Trinajstić information content (AvgIpc) is 2.52. The molecule has 0 aliphatic heterocycles. The summed E-state index contributed by atoms with van der Waals surface area (Å²) in [6.45, 7) is 1.77. The van der Waals surface area contributed by atoms with E-state index >= 15 is 0 Å². The Morgan fingerprint density at radius 3 is 2.42 bits per heavy atom. The molecule has 0 heterocycles. The van der Waals surface area contributed by atoms with E-state index in [0.29, 0.717) is 17.2 Å². The molecule has 3 nitrogen and oxygen atoms in total. The fourth-order valence-corrected chi connectivity index (χ4v) is 2.17. The first kappa shape index (κ1) is 18.1. The summed E-state index contributed by atoms with van der Waals surface area (Å²) in [5, 5.41) is 3.02. The molecule has 0 aliphatic rings. The van der Waals surface area contributed by atoms with E-state index in [1.165, 1.54) is 12.1 Å². The number of hydrogen-bond donors (Lipinski definition) is 1. The molecule has 128 valence electrons. The van der Waals surface area contributed by atoms with E-state index in [4.69, 9.17) is 16.3 Å². The topological polar surface area (TPSA) is 38.3 Å². The summed E-state index contributed by atoms with van der Waals surface area (Å²) >= 11 is 5.86. The van der Waals surface area contributed by atoms with Crippen LogP contribution < -0.4 is 10.1 Å². The Labute approximate surface area is 142 Å². The van der Waals surface area contributed by atoms with Crippen molar-refractivity contribution in [2.24, 2.45) is 0 Å². The van der Waals surface area contributed by atoms with Gasteiger partial charge in [-0.1, -0.05) is 24.6 Å². The number of carbonyl (C=O) groups excluding carboxylic acids is 1. The number of nitrogens with one attached hydrogen (secondary N) is 1. The number of hydrogen-bond acceptors (Lipinski definition) is 2. The van der Waals surface area contributed by atoms with Gasteiger partial charge in [-0.15, -0.1) is 0 Å². The van der Waals surface area contributed by atoms with Crippen molar-refractivity contribution < 1.29 is 22.7 Å². The van der Waals surface area contributed by atoms with Crippen LogP contribution in [0.5, 0.6) is 5.75 Å². The quantitative estimate of drug-likeness (QED) is 0.803. The van der Waals surface area contributed by atoms with Gasteiger partial charge in [0.1, 0.15) is 5.75 Å². The molecule has 0 spiro atoms. The van der Waals surface area contributed by atoms with Crippen LogP contribution in [0, 0.1) is 0 Å². The van der Waals surface area contributed by atoms with Crippen molar-refractivity contribution in [1.29, 1.82) is 0 Å². The minimum atomic E-state index is -4.41. The number of amides is 1. The van der Waals surface area contributed by atoms with Gasteiger partial charge in [-0.05, 0) is 48.9 Å². The summed E-state index contributed by atoms with van der Waals surface area (Å²) in [6.07, 6.45) is -4.81. The zero-order valence-corrected chi connectivity index (χ0v) is 13.5. The van der Waals surface area contributed by atoms with Gasteiger partial charge in [-0.25, -0.2) is 0 Å². The first-order valence-electron chi connectivity index (χ1n) is 7.20. The van der Waals surface area contributed by atoms with Crippen LogP contribution in [0.2, 0.25) is 5.02 Å². The number of halogens is 4. The van der Waals surface area contributed by atoms with Gasteiger partial charge in [-0.2, -0.15) is 13.2 Å². The Kier molecular flexibility index (Phi) is 5.72. The smallest absolute Gasteiger partial charge is 0.416 e. The molecule has 0 radical (unpaired) electrons. The molecule has 2 aromatic rings. The van der Waals surface area contributed by atoms with Crippen LogP contribution in [-0.2, 0) is 11.0 Å². The van der Waals surface area contributed by atoms with Gasteiger partial charge in [-0.3, -0.25) is 4.79 Å². The molecule has 0 bridgehead atoms. The maximum absolute atomic E-state index is 12.5. The lowest BCUT2D eigenvalue weighted by Gasteiger charge is -2.17. The van der Waals surface area contributed by atoms with Gasteiger partial charge in [0.2, 0.25) is 0 Å². The van der Waals surface area contributed by atoms with E-state index in [1.807, 2.05) is 0 Å². The van der Waals surface area contributed by atoms with Crippen LogP contribution >= 0.6 is 11.6 Å². The molecule has 0 aromatic heterocycles. The molecular formula is C17H15ClF3NO2. The lowest BCUT2D eigenvalue weighted by Crippen LogP contribution is -2.32. The second kappa shape index (κ2) is 7.57. The van der Waals surface area contributed by atoms with Gasteiger partial charge in [0.15, 0.2) is 6.10 Å². The Hall–Kier alpha value is -2.21. The van der Waals surface area contributed by atoms with Gasteiger partial charge >= 0.3 is 6.18 Å². The van der Waals surface area contributed by atoms with E-state index in [1.54, 1.807) is 31.2 Å². The maximum Gasteiger partial charge on any atom is 0.416 e. The summed E-state index contributed by atoms with van der Waals surface area (Å²) in [4.78, 5) is 12.2. The van der Waals surface area contributed by atoms with Gasteiger partial charge in [0, 0.05) is 10.7 Å². The molecule has 1 N–H and O–H groups in total. The van der Waals surface area contributed by atoms with Crippen LogP contribution in [0.3, 0.4) is 0 Å². The maximum atomic E-state index is 12.5. The van der Waals surface area contributed by atoms with Crippen molar-refractivity contribution in [3.8, 4) is 5.75 Å². The lowest BCUT2D eigenvalue weighted by molar-refractivity contribution is -0.137. The zero-order chi connectivity index (χ0) is 17.7. The van der Waals surface area contributed by atoms with Crippen LogP contribution in [0.1, 0.15) is 18.9 Å². The number of carbonyl (C=O) groups is 1. The Balaban J connectivity index is 2.04. The highest BCUT2D eigenvalue weighted by Crippen LogP contribution is 2.30. The van der Waals surface area contributed by atoms with Crippen molar-refractivity contribution in [2.75, 3.05) is 5.32 Å². The third-order valence-corrected chi connectivity index (χ3v) is 3.45. The predicted molar refractivity (Wildman–Crippen MR) is 86.2 cm³/mol. The molecule has 0 saturated heterocycles. The van der Waals surface area contributed by atoms with Crippen molar-refractivity contribution in [2.45, 2.75) is 25.6 Å². The predicted octanol–water partition coefficient (Wildman–Crippen LogP) is 5.15. The van der Waals surface area contributed by atoms with E-state index < -0.39 is 23.8 Å². The van der Waals surface area contributed by atoms with Crippen LogP contribution in [0.25, 0.3) is 0 Å². The molecule has 7 heteroatoms. The van der Waals surface area contributed by atoms with Crippen molar-refractivity contribution in [1.82, 2.24) is 0 Å². The number of rotatable bonds is 5. The Morgan fingerprint density at radius 1 is 1.21 bits per heavy atom. The summed E-state index contributed by atoms with van der Waals surface area (Å²) in [7, 11) is 0. The van der Waals surface area contributed by atoms with Gasteiger partial charge in [0.25, 0.3) is 5.91 Å². The normalized spacial score (nSPS) is 12.5. The van der Waals surface area contributed by atoms with E-state index in [-0.39, 0.29) is 5.69 Å². The Bertz CT molecular complexity index is 702. The van der Waals surface area contributed by atoms with Crippen molar-refractivity contribution in [3.63, 3.8) is 0 Å². The van der Waals surface area contributed by atoms with Crippen LogP contribution in [0.4, 0.5) is 18.9 Å². The first-order chi connectivity index (χ1) is 11.3. The van der Waals surface area contributed by atoms with Gasteiger partial charge < -0.3 is 10.1 Å². The summed E-state index contributed by atoms with van der Waals surface area (Å²) in [5.41, 5.74) is -0.510. The summed E-state index contributed by atoms with van der Waals surface area (Å²) in [6, 6.07) is 10.8. The highest BCUT2D eigenvalue weighted by molar-refractivity contribution is 6.30. The second-order valence-electron chi connectivity index (χ2n) is 5.04. The molecule has 24 heavy (non-hydrogen) atoms. The number of benzene rings is 2. The molecular weight excluding hydrogens is 343 g/mol. The molecule has 0 aliphatic carbocycles. The number of alkyl halides is 3. The number of anilines is 1. The number of ether oxygens (including phenoxy) is 1. The molecule has 1 atom stereocenters. The fourth-order valence-electron chi connectivity index (χ4n) is 1.99. The largest absolute Gasteiger partial charge is 0.481 e. The van der Waals surface area contributed by atoms with E-state index in [9.17, 15) is 18.0 Å². The molecule has 2 aromatic carbocycles. The highest BCUT2D eigenvalue weighted by Gasteiger charge is 2.30. The molecule has 1 amide bonds. The molecule has 0 fully saturated rings. The monoisotopic (exact) mass is 357 g/mol. The standard InChI is InChI=1S/C17H15ClF3NO2/c1-2-15(24-14-5-3-4-12(18)10-14)16(23)22-13-8-6-11(7-9-13)17(19,20)21/h3-10,15H,2H2,1H3,(H,22,23)/t15-/m1/s1. The highest BCUT2D eigenvalue weighted by atomic mass is 35.5. The summed E-state index contributed by atoms with van der Waals surface area (Å²) in [5.74, 6) is -0.00541. The van der Waals surface area contributed by atoms with Crippen molar-refractivity contribution in [3.05, 3.63) is 59.1 Å². The van der Waals surface area contributed by atoms with E-state index in [0.717, 1.165) is 12.1 Å². The van der Waals surface area contributed by atoms with E-state index in [2.05, 4.69) is 5.32 Å². The Morgan fingerprint density at radius 2 is 1.88 bits per heavy atom. The molecule has 2 rings (SSSR count). The second-order valence-corrected chi connectivity index (χ2v) is 5.47. The van der Waals surface area contributed by atoms with Gasteiger partial charge in [0.05, 0.1) is 5.56 Å². The van der Waals surface area contributed by atoms with Crippen LogP contribution in [-0.4, -0.2) is 12.0 Å². The lowest BCUT2D eigenvalue weighted by atomic mass is 10.2. The first-order valence-corrected chi connectivity index (χ1v) is 7.57. The van der Waals surface area contributed by atoms with Crippen molar-refractivity contribution >= 4 is 23.2 Å². The molecule has 0 unspecified atom stereocenters. The summed E-state index contributed by atoms with van der Waals surface area (Å²) < 4.78 is 43.1.